The molecule has 6 heteroatoms. The standard InChI is InChI=1S/C10H24N2O3S/c1-10(2,15-3)8-9(12-11)6-5-7-16(4,13)14/h9,12H,5-8,11H2,1-4H3. The van der Waals surface area contributed by atoms with E-state index in [0.717, 1.165) is 12.8 Å². The van der Waals surface area contributed by atoms with Crippen molar-refractivity contribution in [1.82, 2.24) is 5.43 Å². The second kappa shape index (κ2) is 6.54. The van der Waals surface area contributed by atoms with E-state index in [1.165, 1.54) is 6.26 Å². The first-order valence-corrected chi connectivity index (χ1v) is 7.45. The predicted molar refractivity (Wildman–Crippen MR) is 65.8 cm³/mol. The van der Waals surface area contributed by atoms with Crippen LogP contribution in [0.4, 0.5) is 0 Å². The Labute approximate surface area is 98.6 Å². The van der Waals surface area contributed by atoms with E-state index in [0.29, 0.717) is 6.42 Å². The molecule has 0 aromatic rings. The van der Waals surface area contributed by atoms with Crippen molar-refractivity contribution in [3.63, 3.8) is 0 Å². The summed E-state index contributed by atoms with van der Waals surface area (Å²) in [6, 6.07) is 0.0803. The van der Waals surface area contributed by atoms with E-state index in [-0.39, 0.29) is 17.4 Å². The summed E-state index contributed by atoms with van der Waals surface area (Å²) in [7, 11) is -1.22. The van der Waals surface area contributed by atoms with Gasteiger partial charge < -0.3 is 4.74 Å². The van der Waals surface area contributed by atoms with Crippen molar-refractivity contribution in [2.24, 2.45) is 5.84 Å². The van der Waals surface area contributed by atoms with Crippen molar-refractivity contribution in [1.29, 1.82) is 0 Å². The number of sulfone groups is 1. The molecule has 0 saturated heterocycles. The summed E-state index contributed by atoms with van der Waals surface area (Å²) in [5.74, 6) is 5.64. The molecular formula is C10H24N2O3S. The van der Waals surface area contributed by atoms with Crippen molar-refractivity contribution < 1.29 is 13.2 Å². The van der Waals surface area contributed by atoms with E-state index in [1.54, 1.807) is 7.11 Å². The first-order valence-electron chi connectivity index (χ1n) is 5.39. The molecule has 0 bridgehead atoms. The molecule has 0 aromatic carbocycles. The molecule has 0 amide bonds. The maximum atomic E-state index is 11.0. The molecule has 16 heavy (non-hydrogen) atoms. The number of methoxy groups -OCH3 is 1. The van der Waals surface area contributed by atoms with Gasteiger partial charge in [-0.1, -0.05) is 0 Å². The molecule has 1 unspecified atom stereocenters. The third-order valence-corrected chi connectivity index (χ3v) is 3.62. The third kappa shape index (κ3) is 8.04. The van der Waals surface area contributed by atoms with Gasteiger partial charge in [0.2, 0.25) is 0 Å². The van der Waals surface area contributed by atoms with Crippen LogP contribution in [0.2, 0.25) is 0 Å². The van der Waals surface area contributed by atoms with Crippen LogP contribution in [0.5, 0.6) is 0 Å². The Morgan fingerprint density at radius 3 is 2.38 bits per heavy atom. The summed E-state index contributed by atoms with van der Waals surface area (Å²) in [6.45, 7) is 3.96. The maximum absolute atomic E-state index is 11.0. The minimum absolute atomic E-state index is 0.0803. The third-order valence-electron chi connectivity index (χ3n) is 2.59. The van der Waals surface area contributed by atoms with Crippen molar-refractivity contribution in [2.75, 3.05) is 19.1 Å². The van der Waals surface area contributed by atoms with Gasteiger partial charge in [-0.25, -0.2) is 8.42 Å². The van der Waals surface area contributed by atoms with Crippen LogP contribution in [0, 0.1) is 0 Å². The zero-order chi connectivity index (χ0) is 12.8. The lowest BCUT2D eigenvalue weighted by Crippen LogP contribution is -2.41. The second-order valence-electron chi connectivity index (χ2n) is 4.80. The van der Waals surface area contributed by atoms with Crippen LogP contribution in [-0.4, -0.2) is 39.2 Å². The first-order chi connectivity index (χ1) is 7.20. The van der Waals surface area contributed by atoms with E-state index >= 15 is 0 Å². The molecule has 0 aromatic heterocycles. The molecule has 0 aliphatic heterocycles. The molecule has 0 rings (SSSR count). The molecule has 1 atom stereocenters. The van der Waals surface area contributed by atoms with Gasteiger partial charge in [0, 0.05) is 25.2 Å². The normalized spacial score (nSPS) is 15.1. The summed E-state index contributed by atoms with van der Waals surface area (Å²) in [5, 5.41) is 0. The second-order valence-corrected chi connectivity index (χ2v) is 7.06. The fraction of sp³-hybridized carbons (Fsp3) is 1.00. The number of ether oxygens (including phenoxy) is 1. The van der Waals surface area contributed by atoms with Crippen molar-refractivity contribution >= 4 is 9.84 Å². The highest BCUT2D eigenvalue weighted by Crippen LogP contribution is 2.17. The van der Waals surface area contributed by atoms with Gasteiger partial charge in [-0.2, -0.15) is 0 Å². The first kappa shape index (κ1) is 15.8. The van der Waals surface area contributed by atoms with Crippen LogP contribution < -0.4 is 11.3 Å². The van der Waals surface area contributed by atoms with E-state index in [2.05, 4.69) is 5.43 Å². The highest BCUT2D eigenvalue weighted by Gasteiger charge is 2.22. The molecular weight excluding hydrogens is 228 g/mol. The lowest BCUT2D eigenvalue weighted by molar-refractivity contribution is 0.00633. The quantitative estimate of drug-likeness (QED) is 0.484. The van der Waals surface area contributed by atoms with Gasteiger partial charge in [0.25, 0.3) is 0 Å². The zero-order valence-corrected chi connectivity index (χ0v) is 11.4. The Balaban J connectivity index is 4.03. The van der Waals surface area contributed by atoms with Crippen LogP contribution >= 0.6 is 0 Å². The monoisotopic (exact) mass is 252 g/mol. The molecule has 0 aliphatic carbocycles. The van der Waals surface area contributed by atoms with Crippen molar-refractivity contribution in [3.8, 4) is 0 Å². The molecule has 5 nitrogen and oxygen atoms in total. The number of hydrogen-bond acceptors (Lipinski definition) is 5. The van der Waals surface area contributed by atoms with Crippen LogP contribution in [0.25, 0.3) is 0 Å². The minimum Gasteiger partial charge on any atom is -0.379 e. The summed E-state index contributed by atoms with van der Waals surface area (Å²) in [5.41, 5.74) is 2.46. The van der Waals surface area contributed by atoms with E-state index in [9.17, 15) is 8.42 Å². The number of nitrogens with two attached hydrogens (primary N) is 1. The maximum Gasteiger partial charge on any atom is 0.147 e. The smallest absolute Gasteiger partial charge is 0.147 e. The van der Waals surface area contributed by atoms with Gasteiger partial charge in [-0.15, -0.1) is 0 Å². The van der Waals surface area contributed by atoms with E-state index in [1.807, 2.05) is 13.8 Å². The fourth-order valence-electron chi connectivity index (χ4n) is 1.51. The van der Waals surface area contributed by atoms with Crippen molar-refractivity contribution in [3.05, 3.63) is 0 Å². The molecule has 0 heterocycles. The molecule has 0 saturated carbocycles. The molecule has 3 N–H and O–H groups in total. The largest absolute Gasteiger partial charge is 0.379 e. The number of rotatable bonds is 8. The van der Waals surface area contributed by atoms with Crippen LogP contribution in [-0.2, 0) is 14.6 Å². The highest BCUT2D eigenvalue weighted by molar-refractivity contribution is 7.90. The zero-order valence-electron chi connectivity index (χ0n) is 10.6. The van der Waals surface area contributed by atoms with Gasteiger partial charge in [-0.05, 0) is 33.1 Å². The fourth-order valence-corrected chi connectivity index (χ4v) is 2.20. The minimum atomic E-state index is -2.88. The molecule has 0 aliphatic rings. The molecule has 98 valence electrons. The summed E-state index contributed by atoms with van der Waals surface area (Å²) in [6.07, 6.45) is 3.35. The predicted octanol–water partition coefficient (Wildman–Crippen LogP) is 0.458. The number of hydrogen-bond donors (Lipinski definition) is 2. The lowest BCUT2D eigenvalue weighted by Gasteiger charge is -2.28. The number of hydrazine groups is 1. The Hall–Kier alpha value is -0.170. The van der Waals surface area contributed by atoms with Gasteiger partial charge in [-0.3, -0.25) is 11.3 Å². The summed E-state index contributed by atoms with van der Waals surface area (Å²) < 4.78 is 27.2. The Morgan fingerprint density at radius 1 is 1.44 bits per heavy atom. The van der Waals surface area contributed by atoms with E-state index < -0.39 is 9.84 Å². The van der Waals surface area contributed by atoms with Gasteiger partial charge in [0.15, 0.2) is 0 Å². The van der Waals surface area contributed by atoms with Crippen molar-refractivity contribution in [2.45, 2.75) is 44.8 Å². The van der Waals surface area contributed by atoms with Gasteiger partial charge >= 0.3 is 0 Å². The number of nitrogens with one attached hydrogen (secondary N) is 1. The lowest BCUT2D eigenvalue weighted by atomic mass is 9.96. The van der Waals surface area contributed by atoms with Crippen LogP contribution in [0.3, 0.4) is 0 Å². The van der Waals surface area contributed by atoms with Crippen LogP contribution in [0.15, 0.2) is 0 Å². The van der Waals surface area contributed by atoms with Gasteiger partial charge in [0.1, 0.15) is 9.84 Å². The van der Waals surface area contributed by atoms with Crippen LogP contribution in [0.1, 0.15) is 33.1 Å². The topological polar surface area (TPSA) is 81.4 Å². The Bertz CT molecular complexity index is 288. The van der Waals surface area contributed by atoms with E-state index in [4.69, 9.17) is 10.6 Å². The SMILES string of the molecule is COC(C)(C)CC(CCCS(C)(=O)=O)NN. The van der Waals surface area contributed by atoms with Gasteiger partial charge in [0.05, 0.1) is 5.60 Å². The Kier molecular flexibility index (Phi) is 6.47. The molecule has 0 spiro atoms. The summed E-state index contributed by atoms with van der Waals surface area (Å²) in [4.78, 5) is 0. The average Bonchev–Trinajstić information content (AvgIpc) is 2.14. The average molecular weight is 252 g/mol. The highest BCUT2D eigenvalue weighted by atomic mass is 32.2. The molecule has 0 fully saturated rings. The summed E-state index contributed by atoms with van der Waals surface area (Å²) >= 11 is 0. The Morgan fingerprint density at radius 2 is 2.00 bits per heavy atom. The molecule has 0 radical (unpaired) electrons.